The molecule has 0 aromatic carbocycles. The number of hydrogen-bond acceptors (Lipinski definition) is 7. The number of hydroxylamine groups is 2. The second-order valence-corrected chi connectivity index (χ2v) is 4.96. The maximum atomic E-state index is 11.9. The highest BCUT2D eigenvalue weighted by molar-refractivity contribution is 7.09. The van der Waals surface area contributed by atoms with E-state index >= 15 is 0 Å². The standard InChI is InChI=1S/C9H7N5O3S/c15-9-13-1-4(14(9)16)7-5(10-3-18-7)6(13)8-12-11-2-17-8/h2-4,6,16H,1H2. The number of carbonyl (C=O) groups excluding carboxylic acids is 1. The molecule has 92 valence electrons. The van der Waals surface area contributed by atoms with E-state index in [1.54, 1.807) is 5.51 Å². The average Bonchev–Trinajstić information content (AvgIpc) is 3.08. The van der Waals surface area contributed by atoms with Gasteiger partial charge in [0, 0.05) is 0 Å². The fourth-order valence-electron chi connectivity index (χ4n) is 2.43. The van der Waals surface area contributed by atoms with Gasteiger partial charge in [0.15, 0.2) is 6.04 Å². The van der Waals surface area contributed by atoms with Crippen LogP contribution in [0.1, 0.15) is 28.5 Å². The van der Waals surface area contributed by atoms with Crippen LogP contribution in [0, 0.1) is 0 Å². The monoisotopic (exact) mass is 265 g/mol. The molecule has 2 aromatic heterocycles. The Morgan fingerprint density at radius 2 is 2.44 bits per heavy atom. The molecule has 18 heavy (non-hydrogen) atoms. The predicted molar refractivity (Wildman–Crippen MR) is 56.7 cm³/mol. The summed E-state index contributed by atoms with van der Waals surface area (Å²) in [6.07, 6.45) is 1.21. The van der Waals surface area contributed by atoms with Gasteiger partial charge >= 0.3 is 6.03 Å². The Labute approximate surface area is 104 Å². The normalized spacial score (nSPS) is 25.7. The van der Waals surface area contributed by atoms with Crippen LogP contribution < -0.4 is 0 Å². The topological polar surface area (TPSA) is 95.6 Å². The lowest BCUT2D eigenvalue weighted by Gasteiger charge is -2.26. The number of hydrogen-bond donors (Lipinski definition) is 1. The van der Waals surface area contributed by atoms with Gasteiger partial charge in [0.05, 0.1) is 22.6 Å². The Hall–Kier alpha value is -2.00. The molecule has 2 aromatic rings. The van der Waals surface area contributed by atoms with Crippen molar-refractivity contribution in [3.8, 4) is 0 Å². The lowest BCUT2D eigenvalue weighted by molar-refractivity contribution is -0.0578. The predicted octanol–water partition coefficient (Wildman–Crippen LogP) is 0.797. The minimum Gasteiger partial charge on any atom is -0.425 e. The number of nitrogens with zero attached hydrogens (tertiary/aromatic N) is 5. The van der Waals surface area contributed by atoms with E-state index in [0.29, 0.717) is 18.1 Å². The van der Waals surface area contributed by atoms with Crippen LogP contribution in [0.25, 0.3) is 0 Å². The zero-order valence-corrected chi connectivity index (χ0v) is 9.74. The van der Waals surface area contributed by atoms with E-state index in [2.05, 4.69) is 15.2 Å². The van der Waals surface area contributed by atoms with Gasteiger partial charge in [-0.3, -0.25) is 5.21 Å². The molecular weight excluding hydrogens is 258 g/mol. The van der Waals surface area contributed by atoms with Gasteiger partial charge in [-0.2, -0.15) is 5.06 Å². The molecule has 0 saturated carbocycles. The molecule has 1 N–H and O–H groups in total. The number of carbonyl (C=O) groups is 1. The molecular formula is C9H7N5O3S. The maximum absolute atomic E-state index is 11.9. The molecule has 2 aliphatic rings. The van der Waals surface area contributed by atoms with E-state index in [1.807, 2.05) is 0 Å². The molecule has 2 unspecified atom stereocenters. The summed E-state index contributed by atoms with van der Waals surface area (Å²) in [7, 11) is 0. The zero-order chi connectivity index (χ0) is 12.3. The Balaban J connectivity index is 1.92. The van der Waals surface area contributed by atoms with Gasteiger partial charge in [0.2, 0.25) is 12.3 Å². The van der Waals surface area contributed by atoms with Crippen molar-refractivity contribution >= 4 is 17.4 Å². The highest BCUT2D eigenvalue weighted by Gasteiger charge is 2.51. The first-order valence-electron chi connectivity index (χ1n) is 5.25. The van der Waals surface area contributed by atoms with Crippen LogP contribution >= 0.6 is 11.3 Å². The van der Waals surface area contributed by atoms with Crippen LogP contribution in [0.15, 0.2) is 16.3 Å². The van der Waals surface area contributed by atoms with E-state index in [-0.39, 0.29) is 6.04 Å². The van der Waals surface area contributed by atoms with Crippen molar-refractivity contribution in [2.45, 2.75) is 12.1 Å². The third-order valence-corrected chi connectivity index (χ3v) is 4.16. The van der Waals surface area contributed by atoms with Gasteiger partial charge in [0.1, 0.15) is 6.04 Å². The van der Waals surface area contributed by atoms with Crippen LogP contribution in [-0.4, -0.2) is 42.9 Å². The molecule has 2 aliphatic heterocycles. The summed E-state index contributed by atoms with van der Waals surface area (Å²) in [5.74, 6) is 0.309. The highest BCUT2D eigenvalue weighted by atomic mass is 32.1. The number of aromatic nitrogens is 3. The number of fused-ring (bicyclic) bond motifs is 4. The molecule has 4 heterocycles. The smallest absolute Gasteiger partial charge is 0.345 e. The summed E-state index contributed by atoms with van der Waals surface area (Å²) < 4.78 is 5.18. The highest BCUT2D eigenvalue weighted by Crippen LogP contribution is 2.45. The van der Waals surface area contributed by atoms with Crippen molar-refractivity contribution in [1.29, 1.82) is 0 Å². The Morgan fingerprint density at radius 3 is 3.22 bits per heavy atom. The van der Waals surface area contributed by atoms with E-state index < -0.39 is 12.1 Å². The number of thiazole rings is 1. The first kappa shape index (κ1) is 9.97. The summed E-state index contributed by atoms with van der Waals surface area (Å²) in [5, 5.41) is 18.0. The van der Waals surface area contributed by atoms with Crippen molar-refractivity contribution in [3.05, 3.63) is 28.4 Å². The number of rotatable bonds is 1. The number of amides is 2. The third kappa shape index (κ3) is 1.07. The molecule has 2 atom stereocenters. The van der Waals surface area contributed by atoms with E-state index in [0.717, 1.165) is 9.94 Å². The minimum atomic E-state index is -0.505. The zero-order valence-electron chi connectivity index (χ0n) is 8.92. The molecule has 2 amide bonds. The van der Waals surface area contributed by atoms with E-state index in [9.17, 15) is 10.0 Å². The van der Waals surface area contributed by atoms with Gasteiger partial charge in [-0.25, -0.2) is 9.78 Å². The fraction of sp³-hybridized carbons (Fsp3) is 0.333. The quantitative estimate of drug-likeness (QED) is 0.766. The summed E-state index contributed by atoms with van der Waals surface area (Å²) in [6, 6.07) is -1.32. The summed E-state index contributed by atoms with van der Waals surface area (Å²) in [4.78, 5) is 18.6. The Bertz CT molecular complexity index is 612. The Morgan fingerprint density at radius 1 is 1.56 bits per heavy atom. The van der Waals surface area contributed by atoms with E-state index in [4.69, 9.17) is 4.42 Å². The van der Waals surface area contributed by atoms with Gasteiger partial charge < -0.3 is 9.32 Å². The molecule has 2 bridgehead atoms. The van der Waals surface area contributed by atoms with Crippen molar-refractivity contribution in [2.75, 3.05) is 6.54 Å². The van der Waals surface area contributed by atoms with Crippen LogP contribution in [-0.2, 0) is 0 Å². The first-order chi connectivity index (χ1) is 8.77. The fourth-order valence-corrected chi connectivity index (χ4v) is 3.33. The molecule has 9 heteroatoms. The maximum Gasteiger partial charge on any atom is 0.345 e. The SMILES string of the molecule is O=C1N(O)C2CN1C(c1nnco1)c1ncsc12. The minimum absolute atomic E-state index is 0.309. The van der Waals surface area contributed by atoms with Crippen LogP contribution in [0.4, 0.5) is 4.79 Å². The largest absolute Gasteiger partial charge is 0.425 e. The van der Waals surface area contributed by atoms with Gasteiger partial charge in [-0.15, -0.1) is 21.5 Å². The molecule has 4 rings (SSSR count). The number of urea groups is 1. The molecule has 0 spiro atoms. The summed E-state index contributed by atoms with van der Waals surface area (Å²) in [5.41, 5.74) is 2.39. The van der Waals surface area contributed by atoms with E-state index in [1.165, 1.54) is 22.6 Å². The van der Waals surface area contributed by atoms with Crippen LogP contribution in [0.3, 0.4) is 0 Å². The lowest BCUT2D eigenvalue weighted by atomic mass is 10.0. The average molecular weight is 265 g/mol. The first-order valence-corrected chi connectivity index (χ1v) is 6.13. The summed E-state index contributed by atoms with van der Waals surface area (Å²) >= 11 is 1.41. The second kappa shape index (κ2) is 3.27. The molecule has 0 aliphatic carbocycles. The molecule has 0 radical (unpaired) electrons. The molecule has 1 saturated heterocycles. The third-order valence-electron chi connectivity index (χ3n) is 3.21. The van der Waals surface area contributed by atoms with Gasteiger partial charge in [0.25, 0.3) is 0 Å². The van der Waals surface area contributed by atoms with Crippen LogP contribution in [0.5, 0.6) is 0 Å². The van der Waals surface area contributed by atoms with Crippen molar-refractivity contribution < 1.29 is 14.4 Å². The lowest BCUT2D eigenvalue weighted by Crippen LogP contribution is -2.34. The molecule has 1 fully saturated rings. The second-order valence-electron chi connectivity index (χ2n) is 4.08. The van der Waals surface area contributed by atoms with Gasteiger partial charge in [-0.05, 0) is 0 Å². The van der Waals surface area contributed by atoms with Crippen molar-refractivity contribution in [1.82, 2.24) is 25.1 Å². The Kier molecular flexibility index (Phi) is 1.81. The molecule has 8 nitrogen and oxygen atoms in total. The van der Waals surface area contributed by atoms with Crippen LogP contribution in [0.2, 0.25) is 0 Å². The van der Waals surface area contributed by atoms with Crippen molar-refractivity contribution in [3.63, 3.8) is 0 Å². The van der Waals surface area contributed by atoms with Gasteiger partial charge in [-0.1, -0.05) is 0 Å². The summed E-state index contributed by atoms with van der Waals surface area (Å²) in [6.45, 7) is 0.400. The van der Waals surface area contributed by atoms with Crippen molar-refractivity contribution in [2.24, 2.45) is 0 Å².